The third-order valence-electron chi connectivity index (χ3n) is 3.66. The number of nitrogens with zero attached hydrogens (tertiary/aromatic N) is 3. The number of nitrogen functional groups attached to an aromatic ring is 1. The molecule has 1 unspecified atom stereocenters. The number of nitrogens with one attached hydrogen (secondary N) is 1. The molecule has 0 aliphatic carbocycles. The lowest BCUT2D eigenvalue weighted by Crippen LogP contribution is -2.49. The largest absolute Gasteiger partial charge is 0.382 e. The van der Waals surface area contributed by atoms with E-state index in [-0.39, 0.29) is 0 Å². The fourth-order valence-electron chi connectivity index (χ4n) is 2.37. The predicted molar refractivity (Wildman–Crippen MR) is 71.3 cm³/mol. The van der Waals surface area contributed by atoms with Crippen molar-refractivity contribution in [3.63, 3.8) is 0 Å². The fourth-order valence-corrected chi connectivity index (χ4v) is 2.37. The number of rotatable bonds is 3. The summed E-state index contributed by atoms with van der Waals surface area (Å²) in [4.78, 5) is 12.3. The normalized spacial score (nSPS) is 19.6. The maximum Gasteiger partial charge on any atom is 0.171 e. The molecule has 0 spiro atoms. The Morgan fingerprint density at radius 3 is 2.47 bits per heavy atom. The van der Waals surface area contributed by atoms with Crippen molar-refractivity contribution in [2.45, 2.75) is 33.2 Å². The zero-order valence-electron chi connectivity index (χ0n) is 11.0. The Kier molecular flexibility index (Phi) is 3.57. The van der Waals surface area contributed by atoms with E-state index in [0.29, 0.717) is 11.9 Å². The molecule has 1 fully saturated rings. The predicted octanol–water partition coefficient (Wildman–Crippen LogP) is 1.22. The third-order valence-corrected chi connectivity index (χ3v) is 3.66. The van der Waals surface area contributed by atoms with Crippen molar-refractivity contribution in [1.29, 1.82) is 0 Å². The van der Waals surface area contributed by atoms with E-state index in [1.807, 2.05) is 6.92 Å². The molecule has 1 saturated heterocycles. The van der Waals surface area contributed by atoms with Gasteiger partial charge in [-0.25, -0.2) is 4.98 Å². The van der Waals surface area contributed by atoms with Gasteiger partial charge >= 0.3 is 0 Å². The highest BCUT2D eigenvalue weighted by molar-refractivity contribution is 5.59. The van der Waals surface area contributed by atoms with Crippen molar-refractivity contribution in [3.05, 3.63) is 5.82 Å². The highest BCUT2D eigenvalue weighted by atomic mass is 15.3. The first-order valence-electron chi connectivity index (χ1n) is 6.43. The summed E-state index contributed by atoms with van der Waals surface area (Å²) in [5.41, 5.74) is 5.92. The monoisotopic (exact) mass is 237 g/mol. The van der Waals surface area contributed by atoms with Crippen LogP contribution in [0, 0.1) is 6.92 Å². The van der Waals surface area contributed by atoms with Crippen molar-refractivity contribution < 1.29 is 0 Å². The van der Waals surface area contributed by atoms with Crippen LogP contribution >= 0.6 is 0 Å². The van der Waals surface area contributed by atoms with E-state index in [1.54, 1.807) is 0 Å². The molecule has 0 radical (unpaired) electrons. The van der Waals surface area contributed by atoms with Gasteiger partial charge in [-0.3, -0.25) is 4.90 Å². The van der Waals surface area contributed by atoms with Gasteiger partial charge in [-0.2, -0.15) is 0 Å². The van der Waals surface area contributed by atoms with Gasteiger partial charge in [0.05, 0.1) is 0 Å². The van der Waals surface area contributed by atoms with E-state index < -0.39 is 0 Å². The number of piperazine rings is 1. The Balaban J connectivity index is 1.97. The zero-order valence-corrected chi connectivity index (χ0v) is 11.0. The minimum absolute atomic E-state index is 0.676. The number of nitrogens with two attached hydrogens (primary N) is 1. The lowest BCUT2D eigenvalue weighted by molar-refractivity contribution is 0.192. The topological polar surface area (TPSA) is 61.2 Å². The Labute approximate surface area is 103 Å². The van der Waals surface area contributed by atoms with E-state index in [0.717, 1.165) is 37.8 Å². The van der Waals surface area contributed by atoms with Gasteiger partial charge in [0.1, 0.15) is 11.6 Å². The molecule has 0 saturated carbocycles. The molecule has 1 aliphatic heterocycles. The summed E-state index contributed by atoms with van der Waals surface area (Å²) < 4.78 is 0. The summed E-state index contributed by atoms with van der Waals surface area (Å²) in [7, 11) is 0. The molecule has 5 heteroatoms. The average Bonchev–Trinajstić information content (AvgIpc) is 2.68. The summed E-state index contributed by atoms with van der Waals surface area (Å²) in [5, 5.41) is 0. The van der Waals surface area contributed by atoms with Crippen LogP contribution in [0.25, 0.3) is 0 Å². The van der Waals surface area contributed by atoms with Crippen molar-refractivity contribution in [1.82, 2.24) is 14.9 Å². The van der Waals surface area contributed by atoms with Crippen molar-refractivity contribution in [2.24, 2.45) is 0 Å². The van der Waals surface area contributed by atoms with Gasteiger partial charge in [-0.1, -0.05) is 6.92 Å². The van der Waals surface area contributed by atoms with Crippen LogP contribution in [-0.2, 0) is 0 Å². The fraction of sp³-hybridized carbons (Fsp3) is 0.750. The Morgan fingerprint density at radius 2 is 2.00 bits per heavy atom. The Morgan fingerprint density at radius 1 is 1.35 bits per heavy atom. The Hall–Kier alpha value is -1.23. The molecule has 17 heavy (non-hydrogen) atoms. The quantitative estimate of drug-likeness (QED) is 0.830. The van der Waals surface area contributed by atoms with Gasteiger partial charge < -0.3 is 15.6 Å². The summed E-state index contributed by atoms with van der Waals surface area (Å²) in [6.45, 7) is 10.7. The smallest absolute Gasteiger partial charge is 0.171 e. The second kappa shape index (κ2) is 4.96. The van der Waals surface area contributed by atoms with Gasteiger partial charge in [0.2, 0.25) is 0 Å². The number of imidazole rings is 1. The highest BCUT2D eigenvalue weighted by Crippen LogP contribution is 2.21. The molecule has 0 amide bonds. The molecular formula is C12H23N5. The summed E-state index contributed by atoms with van der Waals surface area (Å²) in [6, 6.07) is 0.676. The summed E-state index contributed by atoms with van der Waals surface area (Å²) in [5.74, 6) is 2.51. The lowest BCUT2D eigenvalue weighted by atomic mass is 10.2. The van der Waals surface area contributed by atoms with E-state index in [9.17, 15) is 0 Å². The third kappa shape index (κ3) is 2.54. The number of hydrogen-bond acceptors (Lipinski definition) is 4. The van der Waals surface area contributed by atoms with E-state index in [4.69, 9.17) is 5.73 Å². The van der Waals surface area contributed by atoms with Crippen molar-refractivity contribution in [2.75, 3.05) is 36.8 Å². The van der Waals surface area contributed by atoms with Crippen LogP contribution in [0.2, 0.25) is 0 Å². The van der Waals surface area contributed by atoms with Crippen LogP contribution in [0.4, 0.5) is 11.6 Å². The molecule has 0 aromatic carbocycles. The molecule has 1 atom stereocenters. The van der Waals surface area contributed by atoms with Crippen LogP contribution in [0.15, 0.2) is 0 Å². The van der Waals surface area contributed by atoms with Crippen LogP contribution < -0.4 is 10.6 Å². The van der Waals surface area contributed by atoms with Gasteiger partial charge in [0.15, 0.2) is 5.82 Å². The van der Waals surface area contributed by atoms with Crippen LogP contribution in [-0.4, -0.2) is 47.1 Å². The number of anilines is 2. The number of aromatic amines is 1. The molecule has 2 rings (SSSR count). The molecule has 5 nitrogen and oxygen atoms in total. The first-order chi connectivity index (χ1) is 8.11. The number of aryl methyl sites for hydroxylation is 1. The Bertz CT molecular complexity index is 365. The molecule has 3 N–H and O–H groups in total. The van der Waals surface area contributed by atoms with Gasteiger partial charge in [0.25, 0.3) is 0 Å². The van der Waals surface area contributed by atoms with Crippen LogP contribution in [0.1, 0.15) is 26.1 Å². The molecule has 2 heterocycles. The van der Waals surface area contributed by atoms with Crippen LogP contribution in [0.5, 0.6) is 0 Å². The molecule has 1 aromatic rings. The second-order valence-electron chi connectivity index (χ2n) is 4.84. The highest BCUT2D eigenvalue weighted by Gasteiger charge is 2.22. The molecule has 0 bridgehead atoms. The molecule has 96 valence electrons. The SMILES string of the molecule is CCC(C)N1CCN(c2nc(C)[nH]c2N)CC1. The first-order valence-corrected chi connectivity index (χ1v) is 6.43. The average molecular weight is 237 g/mol. The minimum Gasteiger partial charge on any atom is -0.382 e. The first kappa shape index (κ1) is 12.2. The molecule has 1 aliphatic rings. The molecular weight excluding hydrogens is 214 g/mol. The van der Waals surface area contributed by atoms with Crippen LogP contribution in [0.3, 0.4) is 0 Å². The van der Waals surface area contributed by atoms with E-state index in [2.05, 4.69) is 33.6 Å². The number of aromatic nitrogens is 2. The zero-order chi connectivity index (χ0) is 12.4. The minimum atomic E-state index is 0.676. The van der Waals surface area contributed by atoms with E-state index >= 15 is 0 Å². The van der Waals surface area contributed by atoms with Gasteiger partial charge in [-0.15, -0.1) is 0 Å². The van der Waals surface area contributed by atoms with Gasteiger partial charge in [-0.05, 0) is 20.3 Å². The van der Waals surface area contributed by atoms with Crippen molar-refractivity contribution in [3.8, 4) is 0 Å². The van der Waals surface area contributed by atoms with Crippen molar-refractivity contribution >= 4 is 11.6 Å². The second-order valence-corrected chi connectivity index (χ2v) is 4.84. The van der Waals surface area contributed by atoms with Gasteiger partial charge in [0, 0.05) is 32.2 Å². The van der Waals surface area contributed by atoms with E-state index in [1.165, 1.54) is 6.42 Å². The molecule has 1 aromatic heterocycles. The number of hydrogen-bond donors (Lipinski definition) is 2. The maximum atomic E-state index is 5.92. The standard InChI is InChI=1S/C12H23N5/c1-4-9(2)16-5-7-17(8-6-16)12-11(13)14-10(3)15-12/h9H,4-8,13H2,1-3H3,(H,14,15). The maximum absolute atomic E-state index is 5.92. The number of H-pyrrole nitrogens is 1. The summed E-state index contributed by atoms with van der Waals surface area (Å²) >= 11 is 0. The lowest BCUT2D eigenvalue weighted by Gasteiger charge is -2.38. The summed E-state index contributed by atoms with van der Waals surface area (Å²) in [6.07, 6.45) is 1.21.